The van der Waals surface area contributed by atoms with E-state index in [1.54, 1.807) is 16.3 Å². The van der Waals surface area contributed by atoms with Gasteiger partial charge in [0.2, 0.25) is 5.91 Å². The van der Waals surface area contributed by atoms with E-state index in [0.717, 1.165) is 40.2 Å². The van der Waals surface area contributed by atoms with E-state index in [1.807, 2.05) is 50.2 Å². The van der Waals surface area contributed by atoms with Crippen LogP contribution in [0, 0.1) is 13.8 Å². The zero-order valence-corrected chi connectivity index (χ0v) is 20.2. The van der Waals surface area contributed by atoms with Gasteiger partial charge in [-0.1, -0.05) is 66.7 Å². The molecule has 2 heterocycles. The van der Waals surface area contributed by atoms with E-state index in [4.69, 9.17) is 4.98 Å². The summed E-state index contributed by atoms with van der Waals surface area (Å²) in [6.07, 6.45) is 1.53. The SMILES string of the molecule is Cc1ccc(NC(=O)CSc2nc3c(c(=O)n2CCc2ccccc2)SC(C)C3)c(C)c1. The normalized spacial score (nSPS) is 14.9. The fourth-order valence-electron chi connectivity index (χ4n) is 3.79. The lowest BCUT2D eigenvalue weighted by molar-refractivity contribution is -0.113. The Kier molecular flexibility index (Phi) is 7.06. The molecule has 1 aliphatic rings. The second kappa shape index (κ2) is 9.96. The summed E-state index contributed by atoms with van der Waals surface area (Å²) in [6, 6.07) is 16.1. The number of rotatable bonds is 7. The first-order valence-electron chi connectivity index (χ1n) is 10.7. The molecule has 4 rings (SSSR count). The van der Waals surface area contributed by atoms with Crippen LogP contribution in [-0.2, 0) is 24.2 Å². The number of aryl methyl sites for hydroxylation is 3. The van der Waals surface area contributed by atoms with Crippen molar-refractivity contribution in [2.45, 2.75) is 55.5 Å². The van der Waals surface area contributed by atoms with Gasteiger partial charge in [-0.25, -0.2) is 4.98 Å². The van der Waals surface area contributed by atoms with E-state index >= 15 is 0 Å². The number of nitrogens with zero attached hydrogens (tertiary/aromatic N) is 2. The van der Waals surface area contributed by atoms with Gasteiger partial charge >= 0.3 is 0 Å². The summed E-state index contributed by atoms with van der Waals surface area (Å²) in [6.45, 7) is 6.67. The standard InChI is InChI=1S/C25H27N3O2S2/c1-16-9-10-20(17(2)13-16)26-22(29)15-31-25-27-21-14-18(3)32-23(21)24(30)28(25)12-11-19-7-5-4-6-8-19/h4-10,13,18H,11-12,14-15H2,1-3H3,(H,26,29). The Bertz CT molecular complexity index is 1190. The van der Waals surface area contributed by atoms with Crippen molar-refractivity contribution >= 4 is 35.1 Å². The van der Waals surface area contributed by atoms with E-state index in [-0.39, 0.29) is 17.2 Å². The average molecular weight is 466 g/mol. The van der Waals surface area contributed by atoms with Crippen molar-refractivity contribution in [2.75, 3.05) is 11.1 Å². The molecule has 0 aliphatic carbocycles. The molecule has 1 aromatic heterocycles. The maximum absolute atomic E-state index is 13.2. The predicted molar refractivity (Wildman–Crippen MR) is 133 cm³/mol. The van der Waals surface area contributed by atoms with Crippen LogP contribution in [0.2, 0.25) is 0 Å². The van der Waals surface area contributed by atoms with Gasteiger partial charge in [-0.05, 0) is 37.5 Å². The van der Waals surface area contributed by atoms with Crippen molar-refractivity contribution in [3.05, 3.63) is 81.3 Å². The lowest BCUT2D eigenvalue weighted by Gasteiger charge is -2.14. The highest BCUT2D eigenvalue weighted by atomic mass is 32.2. The molecule has 7 heteroatoms. The van der Waals surface area contributed by atoms with Crippen molar-refractivity contribution in [3.63, 3.8) is 0 Å². The molecule has 1 N–H and O–H groups in total. The quantitative estimate of drug-likeness (QED) is 0.398. The number of anilines is 1. The molecular weight excluding hydrogens is 438 g/mol. The summed E-state index contributed by atoms with van der Waals surface area (Å²) in [5.74, 6) is 0.0982. The number of thioether (sulfide) groups is 2. The predicted octanol–water partition coefficient (Wildman–Crippen LogP) is 4.87. The summed E-state index contributed by atoms with van der Waals surface area (Å²) in [7, 11) is 0. The highest BCUT2D eigenvalue weighted by Gasteiger charge is 2.26. The lowest BCUT2D eigenvalue weighted by Crippen LogP contribution is -2.27. The number of fused-ring (bicyclic) bond motifs is 1. The molecule has 5 nitrogen and oxygen atoms in total. The van der Waals surface area contributed by atoms with Crippen LogP contribution in [-0.4, -0.2) is 26.5 Å². The van der Waals surface area contributed by atoms with Crippen LogP contribution < -0.4 is 10.9 Å². The maximum Gasteiger partial charge on any atom is 0.268 e. The van der Waals surface area contributed by atoms with Crippen LogP contribution >= 0.6 is 23.5 Å². The third-order valence-corrected chi connectivity index (χ3v) is 7.61. The number of amides is 1. The Morgan fingerprint density at radius 3 is 2.75 bits per heavy atom. The largest absolute Gasteiger partial charge is 0.325 e. The molecule has 0 saturated carbocycles. The average Bonchev–Trinajstić information content (AvgIpc) is 3.15. The van der Waals surface area contributed by atoms with Gasteiger partial charge in [0.15, 0.2) is 5.16 Å². The van der Waals surface area contributed by atoms with Gasteiger partial charge in [0.25, 0.3) is 5.56 Å². The van der Waals surface area contributed by atoms with Gasteiger partial charge in [0.05, 0.1) is 16.3 Å². The first-order chi connectivity index (χ1) is 15.4. The van der Waals surface area contributed by atoms with Gasteiger partial charge in [0.1, 0.15) is 0 Å². The molecule has 0 saturated heterocycles. The van der Waals surface area contributed by atoms with E-state index in [9.17, 15) is 9.59 Å². The molecule has 2 aromatic carbocycles. The Labute approximate surface area is 197 Å². The first-order valence-corrected chi connectivity index (χ1v) is 12.6. The molecule has 3 aromatic rings. The Hall–Kier alpha value is -2.51. The maximum atomic E-state index is 13.2. The summed E-state index contributed by atoms with van der Waals surface area (Å²) < 4.78 is 1.74. The Morgan fingerprint density at radius 2 is 2.00 bits per heavy atom. The second-order valence-electron chi connectivity index (χ2n) is 8.15. The molecule has 0 spiro atoms. The number of carbonyl (C=O) groups excluding carboxylic acids is 1. The van der Waals surface area contributed by atoms with Crippen molar-refractivity contribution in [2.24, 2.45) is 0 Å². The third-order valence-electron chi connectivity index (χ3n) is 5.42. The molecule has 0 radical (unpaired) electrons. The highest BCUT2D eigenvalue weighted by molar-refractivity contribution is 8.00. The molecule has 32 heavy (non-hydrogen) atoms. The van der Waals surface area contributed by atoms with Crippen molar-refractivity contribution in [1.82, 2.24) is 9.55 Å². The summed E-state index contributed by atoms with van der Waals surface area (Å²) in [5, 5.41) is 3.95. The van der Waals surface area contributed by atoms with Crippen LogP contribution in [0.5, 0.6) is 0 Å². The molecule has 1 unspecified atom stereocenters. The van der Waals surface area contributed by atoms with Crippen LogP contribution in [0.1, 0.15) is 29.3 Å². The minimum atomic E-state index is -0.103. The number of aromatic nitrogens is 2. The van der Waals surface area contributed by atoms with E-state index in [0.29, 0.717) is 17.0 Å². The van der Waals surface area contributed by atoms with Crippen LogP contribution in [0.4, 0.5) is 5.69 Å². The van der Waals surface area contributed by atoms with Gasteiger partial charge in [-0.2, -0.15) is 0 Å². The number of nitrogens with one attached hydrogen (secondary N) is 1. The van der Waals surface area contributed by atoms with Gasteiger partial charge < -0.3 is 5.32 Å². The zero-order chi connectivity index (χ0) is 22.7. The number of hydrogen-bond donors (Lipinski definition) is 1. The van der Waals surface area contributed by atoms with Crippen molar-refractivity contribution in [1.29, 1.82) is 0 Å². The van der Waals surface area contributed by atoms with Crippen molar-refractivity contribution < 1.29 is 4.79 Å². The van der Waals surface area contributed by atoms with E-state index < -0.39 is 0 Å². The summed E-state index contributed by atoms with van der Waals surface area (Å²) in [5.41, 5.74) is 5.05. The van der Waals surface area contributed by atoms with Gasteiger partial charge in [-0.3, -0.25) is 14.2 Å². The monoisotopic (exact) mass is 465 g/mol. The van der Waals surface area contributed by atoms with Crippen LogP contribution in [0.15, 0.2) is 63.4 Å². The smallest absolute Gasteiger partial charge is 0.268 e. The molecule has 1 atom stereocenters. The van der Waals surface area contributed by atoms with Gasteiger partial charge in [-0.15, -0.1) is 11.8 Å². The topological polar surface area (TPSA) is 64.0 Å². The minimum absolute atomic E-state index is 0.0116. The Morgan fingerprint density at radius 1 is 1.22 bits per heavy atom. The molecule has 0 bridgehead atoms. The molecule has 1 aliphatic heterocycles. The fraction of sp³-hybridized carbons (Fsp3) is 0.320. The number of benzene rings is 2. The third kappa shape index (κ3) is 5.27. The summed E-state index contributed by atoms with van der Waals surface area (Å²) in [4.78, 5) is 31.5. The van der Waals surface area contributed by atoms with E-state index in [1.165, 1.54) is 17.3 Å². The second-order valence-corrected chi connectivity index (χ2v) is 10.5. The Balaban J connectivity index is 1.52. The minimum Gasteiger partial charge on any atom is -0.325 e. The molecule has 1 amide bonds. The number of carbonyl (C=O) groups is 1. The van der Waals surface area contributed by atoms with Gasteiger partial charge in [0, 0.05) is 23.9 Å². The van der Waals surface area contributed by atoms with E-state index in [2.05, 4.69) is 24.4 Å². The molecular formula is C25H27N3O2S2. The lowest BCUT2D eigenvalue weighted by atomic mass is 10.1. The highest BCUT2D eigenvalue weighted by Crippen LogP contribution is 2.34. The summed E-state index contributed by atoms with van der Waals surface area (Å²) >= 11 is 2.94. The van der Waals surface area contributed by atoms with Crippen LogP contribution in [0.3, 0.4) is 0 Å². The first kappa shape index (κ1) is 22.7. The molecule has 0 fully saturated rings. The zero-order valence-electron chi connectivity index (χ0n) is 18.6. The van der Waals surface area contributed by atoms with Crippen molar-refractivity contribution in [3.8, 4) is 0 Å². The fourth-order valence-corrected chi connectivity index (χ4v) is 5.75. The number of hydrogen-bond acceptors (Lipinski definition) is 5. The molecule has 166 valence electrons. The van der Waals surface area contributed by atoms with Crippen LogP contribution in [0.25, 0.3) is 0 Å².